The van der Waals surface area contributed by atoms with Crippen molar-refractivity contribution in [3.8, 4) is 11.1 Å². The number of benzene rings is 6. The first-order chi connectivity index (χ1) is 27.8. The topological polar surface area (TPSA) is 43.2 Å². The van der Waals surface area contributed by atoms with Crippen LogP contribution in [0.1, 0.15) is 35.7 Å². The van der Waals surface area contributed by atoms with E-state index in [9.17, 15) is 0 Å². The number of nitrogens with one attached hydrogen (secondary N) is 1. The van der Waals surface area contributed by atoms with Crippen molar-refractivity contribution in [2.45, 2.75) is 25.0 Å². The SMILES string of the molecule is C1=CC2C3=C(c4ccccc4N(C4=NC(c5ccccc5)NC(c5ccc6ccccc6c5)=N4)C4=C3CCC=C4)N(c3cccc(-c4ccccc4)c3)C2C=C1. The lowest BCUT2D eigenvalue weighted by molar-refractivity contribution is 0.668. The van der Waals surface area contributed by atoms with Crippen LogP contribution in [0.15, 0.2) is 215 Å². The Morgan fingerprint density at radius 3 is 2.30 bits per heavy atom. The van der Waals surface area contributed by atoms with Crippen molar-refractivity contribution in [3.63, 3.8) is 0 Å². The van der Waals surface area contributed by atoms with Crippen molar-refractivity contribution in [1.82, 2.24) is 5.32 Å². The minimum atomic E-state index is -0.329. The van der Waals surface area contributed by atoms with Gasteiger partial charge in [0.15, 0.2) is 0 Å². The molecule has 3 aliphatic heterocycles. The fraction of sp³-hybridized carbons (Fsp3) is 0.0980. The number of hydrogen-bond acceptors (Lipinski definition) is 5. The van der Waals surface area contributed by atoms with E-state index >= 15 is 0 Å². The lowest BCUT2D eigenvalue weighted by Crippen LogP contribution is -2.40. The molecule has 0 radical (unpaired) electrons. The van der Waals surface area contributed by atoms with Crippen molar-refractivity contribution in [1.29, 1.82) is 0 Å². The summed E-state index contributed by atoms with van der Waals surface area (Å²) in [5, 5.41) is 6.10. The normalized spacial score (nSPS) is 20.8. The summed E-state index contributed by atoms with van der Waals surface area (Å²) in [7, 11) is 0. The molecule has 3 heterocycles. The molecule has 6 aromatic carbocycles. The summed E-state index contributed by atoms with van der Waals surface area (Å²) >= 11 is 0. The minimum Gasteiger partial charge on any atom is -0.344 e. The first-order valence-electron chi connectivity index (χ1n) is 19.6. The second-order valence-corrected chi connectivity index (χ2v) is 14.9. The maximum atomic E-state index is 5.46. The van der Waals surface area contributed by atoms with Gasteiger partial charge in [0, 0.05) is 22.7 Å². The number of hydrogen-bond donors (Lipinski definition) is 1. The molecule has 3 unspecified atom stereocenters. The van der Waals surface area contributed by atoms with Crippen molar-refractivity contribution < 1.29 is 0 Å². The van der Waals surface area contributed by atoms with Gasteiger partial charge in [-0.15, -0.1) is 0 Å². The maximum Gasteiger partial charge on any atom is 0.234 e. The van der Waals surface area contributed by atoms with Crippen LogP contribution in [0.5, 0.6) is 0 Å². The molecule has 0 aromatic heterocycles. The molecular formula is C51H39N5. The summed E-state index contributed by atoms with van der Waals surface area (Å²) in [5.74, 6) is 1.66. The second-order valence-electron chi connectivity index (χ2n) is 14.9. The van der Waals surface area contributed by atoms with Crippen LogP contribution in [-0.4, -0.2) is 17.8 Å². The Kier molecular flexibility index (Phi) is 7.76. The monoisotopic (exact) mass is 721 g/mol. The smallest absolute Gasteiger partial charge is 0.234 e. The molecule has 3 atom stereocenters. The van der Waals surface area contributed by atoms with Crippen molar-refractivity contribution in [3.05, 3.63) is 222 Å². The van der Waals surface area contributed by atoms with Crippen LogP contribution in [0, 0.1) is 5.92 Å². The predicted octanol–water partition coefficient (Wildman–Crippen LogP) is 11.4. The van der Waals surface area contributed by atoms with Crippen LogP contribution in [0.2, 0.25) is 0 Å². The summed E-state index contributed by atoms with van der Waals surface area (Å²) < 4.78 is 0. The Balaban J connectivity index is 1.13. The summed E-state index contributed by atoms with van der Waals surface area (Å²) in [6, 6.07) is 54.3. The highest BCUT2D eigenvalue weighted by atomic mass is 15.4. The fourth-order valence-electron chi connectivity index (χ4n) is 9.10. The molecule has 0 saturated carbocycles. The number of para-hydroxylation sites is 1. The standard InChI is InChI=1S/C51H39N5/c1-3-16-34(17-4-1)38-22-15-23-40(33-38)55-44-27-12-9-24-41(44)47-42-25-10-13-28-45(42)56(46-29-14-11-26-43(46)48(47)55)51-53-49(36-19-5-2-6-20-36)52-50(54-51)39-31-30-35-18-7-8-21-37(35)32-39/h1-9,11-24,26-33,41,44,49H,10,25H2,(H,52,53,54). The van der Waals surface area contributed by atoms with Gasteiger partial charge >= 0.3 is 0 Å². The number of amidine groups is 1. The molecule has 0 saturated heterocycles. The largest absolute Gasteiger partial charge is 0.344 e. The maximum absolute atomic E-state index is 5.46. The van der Waals surface area contributed by atoms with E-state index in [-0.39, 0.29) is 18.1 Å². The van der Waals surface area contributed by atoms with Gasteiger partial charge in [0.2, 0.25) is 5.96 Å². The third-order valence-electron chi connectivity index (χ3n) is 11.6. The molecule has 56 heavy (non-hydrogen) atoms. The van der Waals surface area contributed by atoms with Gasteiger partial charge < -0.3 is 10.2 Å². The summed E-state index contributed by atoms with van der Waals surface area (Å²) in [4.78, 5) is 15.8. The molecule has 5 nitrogen and oxygen atoms in total. The van der Waals surface area contributed by atoms with Gasteiger partial charge in [-0.05, 0) is 81.8 Å². The molecule has 11 rings (SSSR count). The number of anilines is 2. The molecule has 6 aromatic rings. The average molecular weight is 722 g/mol. The first kappa shape index (κ1) is 32.5. The molecule has 0 fully saturated rings. The second kappa shape index (κ2) is 13.4. The van der Waals surface area contributed by atoms with Crippen LogP contribution < -0.4 is 15.1 Å². The van der Waals surface area contributed by atoms with E-state index in [4.69, 9.17) is 9.98 Å². The van der Waals surface area contributed by atoms with Crippen molar-refractivity contribution >= 4 is 39.6 Å². The van der Waals surface area contributed by atoms with Gasteiger partial charge in [-0.2, -0.15) is 4.99 Å². The van der Waals surface area contributed by atoms with Crippen LogP contribution in [0.4, 0.5) is 11.4 Å². The van der Waals surface area contributed by atoms with Gasteiger partial charge in [-0.1, -0.05) is 158 Å². The Morgan fingerprint density at radius 1 is 0.643 bits per heavy atom. The van der Waals surface area contributed by atoms with E-state index in [0.717, 1.165) is 41.2 Å². The zero-order chi connectivity index (χ0) is 37.0. The van der Waals surface area contributed by atoms with Gasteiger partial charge in [-0.3, -0.25) is 4.90 Å². The third kappa shape index (κ3) is 5.38. The predicted molar refractivity (Wildman–Crippen MR) is 231 cm³/mol. The molecule has 268 valence electrons. The highest BCUT2D eigenvalue weighted by Gasteiger charge is 2.45. The van der Waals surface area contributed by atoms with E-state index in [1.54, 1.807) is 0 Å². The lowest BCUT2D eigenvalue weighted by atomic mass is 9.82. The Labute approximate surface area is 327 Å². The van der Waals surface area contributed by atoms with Gasteiger partial charge in [-0.25, -0.2) is 4.99 Å². The zero-order valence-corrected chi connectivity index (χ0v) is 30.8. The number of rotatable bonds is 4. The quantitative estimate of drug-likeness (QED) is 0.197. The van der Waals surface area contributed by atoms with Crippen LogP contribution in [0.25, 0.3) is 27.6 Å². The molecule has 5 aliphatic rings. The minimum absolute atomic E-state index is 0.145. The number of guanidine groups is 1. The molecule has 2 aliphatic carbocycles. The van der Waals surface area contributed by atoms with E-state index in [1.165, 1.54) is 50.0 Å². The number of nitrogens with zero attached hydrogens (tertiary/aromatic N) is 4. The summed E-state index contributed by atoms with van der Waals surface area (Å²) in [6.07, 6.45) is 15.4. The molecule has 0 amide bonds. The Bertz CT molecular complexity index is 2750. The van der Waals surface area contributed by atoms with E-state index in [0.29, 0.717) is 5.96 Å². The van der Waals surface area contributed by atoms with Crippen molar-refractivity contribution in [2.75, 3.05) is 9.80 Å². The van der Waals surface area contributed by atoms with Crippen LogP contribution in [-0.2, 0) is 0 Å². The summed E-state index contributed by atoms with van der Waals surface area (Å²) in [5.41, 5.74) is 13.1. The third-order valence-corrected chi connectivity index (χ3v) is 11.6. The molecule has 0 spiro atoms. The van der Waals surface area contributed by atoms with E-state index < -0.39 is 0 Å². The fourth-order valence-corrected chi connectivity index (χ4v) is 9.10. The average Bonchev–Trinajstić information content (AvgIpc) is 3.56. The number of fused-ring (bicyclic) bond motifs is 6. The molecule has 5 heteroatoms. The van der Waals surface area contributed by atoms with Gasteiger partial charge in [0.1, 0.15) is 12.0 Å². The van der Waals surface area contributed by atoms with Gasteiger partial charge in [0.05, 0.1) is 23.1 Å². The van der Waals surface area contributed by atoms with Crippen LogP contribution >= 0.6 is 0 Å². The van der Waals surface area contributed by atoms with Gasteiger partial charge in [0.25, 0.3) is 0 Å². The number of aliphatic imine (C=N–C) groups is 2. The first-order valence-corrected chi connectivity index (χ1v) is 19.6. The highest BCUT2D eigenvalue weighted by Crippen LogP contribution is 2.54. The summed E-state index contributed by atoms with van der Waals surface area (Å²) in [6.45, 7) is 0. The van der Waals surface area contributed by atoms with Crippen molar-refractivity contribution in [2.24, 2.45) is 15.9 Å². The lowest BCUT2D eigenvalue weighted by Gasteiger charge is -2.35. The number of allylic oxidation sites excluding steroid dienone is 5. The zero-order valence-electron chi connectivity index (χ0n) is 30.8. The van der Waals surface area contributed by atoms with E-state index in [2.05, 4.69) is 203 Å². The Hall–Kier alpha value is -6.98. The Morgan fingerprint density at radius 2 is 1.41 bits per heavy atom. The van der Waals surface area contributed by atoms with Crippen LogP contribution in [0.3, 0.4) is 0 Å². The molecular weight excluding hydrogens is 683 g/mol. The molecule has 1 N–H and O–H groups in total. The molecule has 0 bridgehead atoms. The van der Waals surface area contributed by atoms with E-state index in [1.807, 2.05) is 0 Å². The highest BCUT2D eigenvalue weighted by molar-refractivity contribution is 6.15.